The standard InChI is InChI=1S/C25H24Cl2N4O2S/c1-2-31-23(11-6-14-33-22-13-12-18(26)15-20(22)27)29-30-25(31)34-16-24(32)28-21-10-5-8-17-7-3-4-9-19(17)21/h3-5,7-10,12-13,15H,2,6,11,14,16H2,1H3,(H,28,32). The number of carbonyl (C=O) groups is 1. The van der Waals surface area contributed by atoms with E-state index in [4.69, 9.17) is 27.9 Å². The molecule has 9 heteroatoms. The minimum absolute atomic E-state index is 0.0817. The van der Waals surface area contributed by atoms with Crippen LogP contribution in [0.3, 0.4) is 0 Å². The predicted octanol–water partition coefficient (Wildman–Crippen LogP) is 6.50. The molecule has 1 N–H and O–H groups in total. The number of aryl methyl sites for hydroxylation is 1. The third kappa shape index (κ3) is 6.03. The van der Waals surface area contributed by atoms with Crippen LogP contribution in [-0.4, -0.2) is 33.0 Å². The normalized spacial score (nSPS) is 11.0. The van der Waals surface area contributed by atoms with E-state index in [1.165, 1.54) is 11.8 Å². The number of nitrogens with zero attached hydrogens (tertiary/aromatic N) is 3. The van der Waals surface area contributed by atoms with Crippen LogP contribution < -0.4 is 10.1 Å². The second-order valence-corrected chi connectivity index (χ2v) is 9.32. The Labute approximate surface area is 212 Å². The molecule has 0 aliphatic heterocycles. The number of thioether (sulfide) groups is 1. The number of aromatic nitrogens is 3. The zero-order valence-electron chi connectivity index (χ0n) is 18.6. The van der Waals surface area contributed by atoms with E-state index in [-0.39, 0.29) is 11.7 Å². The van der Waals surface area contributed by atoms with E-state index in [9.17, 15) is 4.79 Å². The van der Waals surface area contributed by atoms with Gasteiger partial charge in [0.2, 0.25) is 5.91 Å². The Balaban J connectivity index is 1.30. The lowest BCUT2D eigenvalue weighted by atomic mass is 10.1. The fourth-order valence-corrected chi connectivity index (χ4v) is 4.87. The van der Waals surface area contributed by atoms with Crippen LogP contribution >= 0.6 is 35.0 Å². The summed E-state index contributed by atoms with van der Waals surface area (Å²) in [5.41, 5.74) is 0.808. The highest BCUT2D eigenvalue weighted by atomic mass is 35.5. The predicted molar refractivity (Wildman–Crippen MR) is 139 cm³/mol. The number of fused-ring (bicyclic) bond motifs is 1. The van der Waals surface area contributed by atoms with E-state index < -0.39 is 0 Å². The van der Waals surface area contributed by atoms with Crippen LogP contribution in [0.1, 0.15) is 19.2 Å². The molecular formula is C25H24Cl2N4O2S. The van der Waals surface area contributed by atoms with E-state index in [2.05, 4.69) is 15.5 Å². The summed E-state index contributed by atoms with van der Waals surface area (Å²) >= 11 is 13.4. The van der Waals surface area contributed by atoms with Gasteiger partial charge < -0.3 is 14.6 Å². The molecule has 0 saturated heterocycles. The number of benzene rings is 3. The summed E-state index contributed by atoms with van der Waals surface area (Å²) in [4.78, 5) is 12.6. The number of hydrogen-bond donors (Lipinski definition) is 1. The molecule has 0 fully saturated rings. The maximum Gasteiger partial charge on any atom is 0.234 e. The fraction of sp³-hybridized carbons (Fsp3) is 0.240. The Kier molecular flexibility index (Phi) is 8.32. The quantitative estimate of drug-likeness (QED) is 0.193. The van der Waals surface area contributed by atoms with Crippen molar-refractivity contribution < 1.29 is 9.53 Å². The van der Waals surface area contributed by atoms with E-state index in [0.717, 1.165) is 40.4 Å². The van der Waals surface area contributed by atoms with Gasteiger partial charge in [0, 0.05) is 29.1 Å². The monoisotopic (exact) mass is 514 g/mol. The molecule has 6 nitrogen and oxygen atoms in total. The van der Waals surface area contributed by atoms with Crippen molar-refractivity contribution >= 4 is 57.3 Å². The Morgan fingerprint density at radius 2 is 1.91 bits per heavy atom. The molecular weight excluding hydrogens is 491 g/mol. The molecule has 176 valence electrons. The van der Waals surface area contributed by atoms with E-state index in [1.807, 2.05) is 54.0 Å². The molecule has 1 amide bonds. The lowest BCUT2D eigenvalue weighted by Crippen LogP contribution is -2.15. The first-order valence-corrected chi connectivity index (χ1v) is 12.7. The van der Waals surface area contributed by atoms with Crippen molar-refractivity contribution in [3.05, 3.63) is 76.5 Å². The number of nitrogens with one attached hydrogen (secondary N) is 1. The Morgan fingerprint density at radius 3 is 2.74 bits per heavy atom. The number of halogens is 2. The van der Waals surface area contributed by atoms with Gasteiger partial charge in [0.05, 0.1) is 17.4 Å². The molecule has 0 atom stereocenters. The van der Waals surface area contributed by atoms with Crippen LogP contribution in [0.15, 0.2) is 65.8 Å². The Bertz CT molecular complexity index is 1290. The van der Waals surface area contributed by atoms with Gasteiger partial charge in [0.25, 0.3) is 0 Å². The maximum atomic E-state index is 12.6. The van der Waals surface area contributed by atoms with E-state index in [1.54, 1.807) is 18.2 Å². The Morgan fingerprint density at radius 1 is 1.09 bits per heavy atom. The van der Waals surface area contributed by atoms with Crippen molar-refractivity contribution in [2.45, 2.75) is 31.5 Å². The van der Waals surface area contributed by atoms with Crippen molar-refractivity contribution in [1.82, 2.24) is 14.8 Å². The molecule has 0 bridgehead atoms. The third-order valence-electron chi connectivity index (χ3n) is 5.20. The van der Waals surface area contributed by atoms with Gasteiger partial charge in [0.1, 0.15) is 11.6 Å². The van der Waals surface area contributed by atoms with E-state index >= 15 is 0 Å². The molecule has 0 spiro atoms. The van der Waals surface area contributed by atoms with Crippen LogP contribution in [0.25, 0.3) is 10.8 Å². The van der Waals surface area contributed by atoms with Crippen LogP contribution in [-0.2, 0) is 17.8 Å². The lowest BCUT2D eigenvalue weighted by Gasteiger charge is -2.10. The summed E-state index contributed by atoms with van der Waals surface area (Å²) in [5.74, 6) is 1.64. The van der Waals surface area contributed by atoms with Crippen molar-refractivity contribution in [3.8, 4) is 5.75 Å². The second kappa shape index (κ2) is 11.6. The maximum absolute atomic E-state index is 12.6. The number of rotatable bonds is 10. The van der Waals surface area contributed by atoms with Gasteiger partial charge in [-0.3, -0.25) is 4.79 Å². The average Bonchev–Trinajstić information content (AvgIpc) is 3.23. The summed E-state index contributed by atoms with van der Waals surface area (Å²) in [7, 11) is 0. The highest BCUT2D eigenvalue weighted by Crippen LogP contribution is 2.28. The number of ether oxygens (including phenoxy) is 1. The van der Waals surface area contributed by atoms with Crippen LogP contribution in [0.5, 0.6) is 5.75 Å². The van der Waals surface area contributed by atoms with Crippen LogP contribution in [0.4, 0.5) is 5.69 Å². The minimum atomic E-state index is -0.0817. The first-order valence-electron chi connectivity index (χ1n) is 11.0. The first kappa shape index (κ1) is 24.4. The summed E-state index contributed by atoms with van der Waals surface area (Å²) in [6.07, 6.45) is 1.46. The molecule has 1 heterocycles. The number of carbonyl (C=O) groups excluding carboxylic acids is 1. The van der Waals surface area contributed by atoms with Gasteiger partial charge in [-0.2, -0.15) is 0 Å². The molecule has 3 aromatic carbocycles. The first-order chi connectivity index (χ1) is 16.5. The zero-order chi connectivity index (χ0) is 23.9. The molecule has 34 heavy (non-hydrogen) atoms. The molecule has 0 radical (unpaired) electrons. The van der Waals surface area contributed by atoms with Crippen molar-refractivity contribution in [3.63, 3.8) is 0 Å². The van der Waals surface area contributed by atoms with Gasteiger partial charge in [0.15, 0.2) is 5.16 Å². The van der Waals surface area contributed by atoms with Gasteiger partial charge in [-0.15, -0.1) is 10.2 Å². The highest BCUT2D eigenvalue weighted by molar-refractivity contribution is 7.99. The smallest absolute Gasteiger partial charge is 0.234 e. The largest absolute Gasteiger partial charge is 0.492 e. The Hall–Kier alpha value is -2.74. The summed E-state index contributed by atoms with van der Waals surface area (Å²) < 4.78 is 7.79. The SMILES string of the molecule is CCn1c(CCCOc2ccc(Cl)cc2Cl)nnc1SCC(=O)Nc1cccc2ccccc12. The summed E-state index contributed by atoms with van der Waals surface area (Å²) in [6.45, 7) is 3.25. The number of anilines is 1. The summed E-state index contributed by atoms with van der Waals surface area (Å²) in [6, 6.07) is 19.0. The molecule has 1 aromatic heterocycles. The van der Waals surface area contributed by atoms with Crippen molar-refractivity contribution in [1.29, 1.82) is 0 Å². The van der Waals surface area contributed by atoms with Gasteiger partial charge >= 0.3 is 0 Å². The van der Waals surface area contributed by atoms with Gasteiger partial charge in [-0.25, -0.2) is 0 Å². The average molecular weight is 515 g/mol. The molecule has 0 aliphatic carbocycles. The fourth-order valence-electron chi connectivity index (χ4n) is 3.58. The molecule has 0 aliphatic rings. The second-order valence-electron chi connectivity index (χ2n) is 7.53. The summed E-state index contributed by atoms with van der Waals surface area (Å²) in [5, 5.41) is 15.5. The minimum Gasteiger partial charge on any atom is -0.492 e. The van der Waals surface area contributed by atoms with Crippen LogP contribution in [0.2, 0.25) is 10.0 Å². The molecule has 4 rings (SSSR count). The molecule has 4 aromatic rings. The topological polar surface area (TPSA) is 69.0 Å². The zero-order valence-corrected chi connectivity index (χ0v) is 21.0. The number of amides is 1. The van der Waals surface area contributed by atoms with Gasteiger partial charge in [-0.1, -0.05) is 71.4 Å². The molecule has 0 saturated carbocycles. The van der Waals surface area contributed by atoms with Crippen molar-refractivity contribution in [2.24, 2.45) is 0 Å². The van der Waals surface area contributed by atoms with Gasteiger partial charge in [-0.05, 0) is 43.0 Å². The number of hydrogen-bond acceptors (Lipinski definition) is 5. The highest BCUT2D eigenvalue weighted by Gasteiger charge is 2.14. The third-order valence-corrected chi connectivity index (χ3v) is 6.70. The van der Waals surface area contributed by atoms with Crippen molar-refractivity contribution in [2.75, 3.05) is 17.7 Å². The lowest BCUT2D eigenvalue weighted by molar-refractivity contribution is -0.113. The molecule has 0 unspecified atom stereocenters. The van der Waals surface area contributed by atoms with E-state index in [0.29, 0.717) is 28.8 Å². The van der Waals surface area contributed by atoms with Crippen LogP contribution in [0, 0.1) is 0 Å².